The van der Waals surface area contributed by atoms with Gasteiger partial charge in [0.15, 0.2) is 0 Å². The molecule has 1 fully saturated rings. The lowest BCUT2D eigenvalue weighted by molar-refractivity contribution is -0.128. The van der Waals surface area contributed by atoms with Crippen LogP contribution in [0.4, 0.5) is 0 Å². The Hall–Kier alpha value is -0.610. The summed E-state index contributed by atoms with van der Waals surface area (Å²) in [6.07, 6.45) is 5.19. The molecule has 1 atom stereocenters. The second-order valence-corrected chi connectivity index (χ2v) is 6.06. The van der Waals surface area contributed by atoms with Gasteiger partial charge in [-0.3, -0.25) is 4.79 Å². The predicted octanol–water partition coefficient (Wildman–Crippen LogP) is 1.22. The molecule has 1 amide bonds. The van der Waals surface area contributed by atoms with Crippen molar-refractivity contribution in [2.75, 3.05) is 33.7 Å². The van der Waals surface area contributed by atoms with Gasteiger partial charge < -0.3 is 15.5 Å². The molecule has 4 nitrogen and oxygen atoms in total. The van der Waals surface area contributed by atoms with Gasteiger partial charge in [0, 0.05) is 19.6 Å². The highest BCUT2D eigenvalue weighted by atomic mass is 16.2. The van der Waals surface area contributed by atoms with Gasteiger partial charge in [-0.2, -0.15) is 0 Å². The Labute approximate surface area is 111 Å². The zero-order valence-electron chi connectivity index (χ0n) is 12.4. The Bertz CT molecular complexity index is 266. The van der Waals surface area contributed by atoms with Gasteiger partial charge in [-0.15, -0.1) is 0 Å². The Morgan fingerprint density at radius 1 is 1.39 bits per heavy atom. The largest absolute Gasteiger partial charge is 0.359 e. The summed E-state index contributed by atoms with van der Waals surface area (Å²) in [7, 11) is 3.92. The van der Waals surface area contributed by atoms with Crippen LogP contribution in [0.3, 0.4) is 0 Å². The summed E-state index contributed by atoms with van der Waals surface area (Å²) < 4.78 is 0. The molecule has 0 aromatic heterocycles. The third-order valence-electron chi connectivity index (χ3n) is 3.98. The maximum atomic E-state index is 11.6. The lowest BCUT2D eigenvalue weighted by Gasteiger charge is -2.33. The monoisotopic (exact) mass is 255 g/mol. The van der Waals surface area contributed by atoms with Gasteiger partial charge in [-0.05, 0) is 53.2 Å². The molecule has 106 valence electrons. The van der Waals surface area contributed by atoms with Crippen molar-refractivity contribution in [3.05, 3.63) is 0 Å². The van der Waals surface area contributed by atoms with Crippen LogP contribution >= 0.6 is 0 Å². The van der Waals surface area contributed by atoms with E-state index in [4.69, 9.17) is 0 Å². The van der Waals surface area contributed by atoms with Crippen molar-refractivity contribution in [2.45, 2.75) is 45.6 Å². The lowest BCUT2D eigenvalue weighted by atomic mass is 9.92. The normalized spacial score (nSPS) is 21.9. The van der Waals surface area contributed by atoms with Gasteiger partial charge >= 0.3 is 0 Å². The van der Waals surface area contributed by atoms with Crippen LogP contribution in [0, 0.1) is 5.41 Å². The van der Waals surface area contributed by atoms with Crippen LogP contribution in [0.1, 0.15) is 39.5 Å². The van der Waals surface area contributed by atoms with E-state index in [9.17, 15) is 4.79 Å². The second kappa shape index (κ2) is 7.10. The molecule has 0 bridgehead atoms. The highest BCUT2D eigenvalue weighted by Crippen LogP contribution is 2.17. The number of carbonyl (C=O) groups is 1. The average Bonchev–Trinajstić information content (AvgIpc) is 2.35. The standard InChI is InChI=1S/C14H29N3O/c1-14(2,13(18)15-3)11-16-9-8-12-7-5-6-10-17(12)4/h12,16H,5-11H2,1-4H3,(H,15,18). The number of nitrogens with one attached hydrogen (secondary N) is 2. The lowest BCUT2D eigenvalue weighted by Crippen LogP contribution is -2.43. The van der Waals surface area contributed by atoms with Crippen molar-refractivity contribution in [3.63, 3.8) is 0 Å². The number of amides is 1. The summed E-state index contributed by atoms with van der Waals surface area (Å²) in [5, 5.41) is 6.14. The van der Waals surface area contributed by atoms with E-state index in [1.807, 2.05) is 13.8 Å². The van der Waals surface area contributed by atoms with E-state index in [-0.39, 0.29) is 11.3 Å². The number of carbonyl (C=O) groups excluding carboxylic acids is 1. The summed E-state index contributed by atoms with van der Waals surface area (Å²) in [6.45, 7) is 6.92. The molecule has 1 aliphatic heterocycles. The van der Waals surface area contributed by atoms with Crippen molar-refractivity contribution in [1.82, 2.24) is 15.5 Å². The van der Waals surface area contributed by atoms with Gasteiger partial charge in [0.05, 0.1) is 5.41 Å². The van der Waals surface area contributed by atoms with Crippen LogP contribution in [0.25, 0.3) is 0 Å². The molecule has 1 unspecified atom stereocenters. The van der Waals surface area contributed by atoms with Gasteiger partial charge in [0.25, 0.3) is 0 Å². The van der Waals surface area contributed by atoms with Crippen molar-refractivity contribution in [2.24, 2.45) is 5.41 Å². The number of hydrogen-bond donors (Lipinski definition) is 2. The van der Waals surface area contributed by atoms with E-state index in [1.54, 1.807) is 7.05 Å². The van der Waals surface area contributed by atoms with E-state index in [0.29, 0.717) is 0 Å². The minimum atomic E-state index is -0.326. The minimum absolute atomic E-state index is 0.102. The molecule has 0 aromatic carbocycles. The number of likely N-dealkylation sites (tertiary alicyclic amines) is 1. The molecule has 4 heteroatoms. The third-order valence-corrected chi connectivity index (χ3v) is 3.98. The maximum Gasteiger partial charge on any atom is 0.226 e. The first-order valence-corrected chi connectivity index (χ1v) is 7.10. The fourth-order valence-electron chi connectivity index (χ4n) is 2.60. The van der Waals surface area contributed by atoms with Crippen LogP contribution in [0.15, 0.2) is 0 Å². The van der Waals surface area contributed by atoms with Gasteiger partial charge in [0.1, 0.15) is 0 Å². The summed E-state index contributed by atoms with van der Waals surface area (Å²) in [6, 6.07) is 0.717. The van der Waals surface area contributed by atoms with Crippen molar-refractivity contribution in [3.8, 4) is 0 Å². The van der Waals surface area contributed by atoms with Gasteiger partial charge in [0.2, 0.25) is 5.91 Å². The number of nitrogens with zero attached hydrogens (tertiary/aromatic N) is 1. The SMILES string of the molecule is CNC(=O)C(C)(C)CNCCC1CCCCN1C. The molecule has 0 aliphatic carbocycles. The highest BCUT2D eigenvalue weighted by molar-refractivity contribution is 5.81. The van der Waals surface area contributed by atoms with E-state index in [1.165, 1.54) is 32.2 Å². The molecule has 1 rings (SSSR count). The Morgan fingerprint density at radius 2 is 2.11 bits per heavy atom. The van der Waals surface area contributed by atoms with E-state index in [2.05, 4.69) is 22.6 Å². The molecule has 0 saturated carbocycles. The van der Waals surface area contributed by atoms with Crippen molar-refractivity contribution < 1.29 is 4.79 Å². The Kier molecular flexibility index (Phi) is 6.09. The van der Waals surface area contributed by atoms with Crippen molar-refractivity contribution in [1.29, 1.82) is 0 Å². The zero-order valence-corrected chi connectivity index (χ0v) is 12.4. The average molecular weight is 255 g/mol. The van der Waals surface area contributed by atoms with Crippen molar-refractivity contribution >= 4 is 5.91 Å². The molecule has 2 N–H and O–H groups in total. The van der Waals surface area contributed by atoms with E-state index < -0.39 is 0 Å². The fourth-order valence-corrected chi connectivity index (χ4v) is 2.60. The molecule has 18 heavy (non-hydrogen) atoms. The quantitative estimate of drug-likeness (QED) is 0.702. The highest BCUT2D eigenvalue weighted by Gasteiger charge is 2.26. The molecule has 0 spiro atoms. The topological polar surface area (TPSA) is 44.4 Å². The first-order chi connectivity index (χ1) is 8.47. The molecular weight excluding hydrogens is 226 g/mol. The third kappa shape index (κ3) is 4.58. The molecular formula is C14H29N3O. The van der Waals surface area contributed by atoms with E-state index in [0.717, 1.165) is 19.1 Å². The Morgan fingerprint density at radius 3 is 2.72 bits per heavy atom. The smallest absolute Gasteiger partial charge is 0.226 e. The zero-order chi connectivity index (χ0) is 13.6. The van der Waals surface area contributed by atoms with Crippen LogP contribution in [0.2, 0.25) is 0 Å². The minimum Gasteiger partial charge on any atom is -0.359 e. The van der Waals surface area contributed by atoms with Crippen LogP contribution in [-0.4, -0.2) is 50.6 Å². The number of rotatable bonds is 6. The summed E-state index contributed by atoms with van der Waals surface area (Å²) >= 11 is 0. The molecule has 0 aromatic rings. The van der Waals surface area contributed by atoms with Gasteiger partial charge in [-0.25, -0.2) is 0 Å². The molecule has 1 heterocycles. The van der Waals surface area contributed by atoms with E-state index >= 15 is 0 Å². The summed E-state index contributed by atoms with van der Waals surface area (Å²) in [5.74, 6) is 0.102. The molecule has 0 radical (unpaired) electrons. The first-order valence-electron chi connectivity index (χ1n) is 7.10. The Balaban J connectivity index is 2.20. The summed E-state index contributed by atoms with van der Waals surface area (Å²) in [4.78, 5) is 14.1. The maximum absolute atomic E-state index is 11.6. The summed E-state index contributed by atoms with van der Waals surface area (Å²) in [5.41, 5.74) is -0.326. The molecule has 1 aliphatic rings. The van der Waals surface area contributed by atoms with Crippen LogP contribution in [-0.2, 0) is 4.79 Å². The fraction of sp³-hybridized carbons (Fsp3) is 0.929. The second-order valence-electron chi connectivity index (χ2n) is 6.06. The number of piperidine rings is 1. The molecule has 1 saturated heterocycles. The van der Waals surface area contributed by atoms with Gasteiger partial charge in [-0.1, -0.05) is 6.42 Å². The van der Waals surface area contributed by atoms with Crippen LogP contribution < -0.4 is 10.6 Å². The number of hydrogen-bond acceptors (Lipinski definition) is 3. The predicted molar refractivity (Wildman–Crippen MR) is 75.6 cm³/mol. The first kappa shape index (κ1) is 15.4. The van der Waals surface area contributed by atoms with Crippen LogP contribution in [0.5, 0.6) is 0 Å².